The van der Waals surface area contributed by atoms with Crippen LogP contribution >= 0.6 is 11.3 Å². The number of hydrogen-bond donors (Lipinski definition) is 2. The lowest BCUT2D eigenvalue weighted by Gasteiger charge is -2.27. The molecule has 2 aromatic rings. The fourth-order valence-corrected chi connectivity index (χ4v) is 4.62. The van der Waals surface area contributed by atoms with Crippen LogP contribution < -0.4 is 10.6 Å². The number of carbonyl (C=O) groups excluding carboxylic acids is 1. The van der Waals surface area contributed by atoms with Gasteiger partial charge in [-0.2, -0.15) is 0 Å². The predicted octanol–water partition coefficient (Wildman–Crippen LogP) is 2.18. The van der Waals surface area contributed by atoms with E-state index in [-0.39, 0.29) is 11.8 Å². The van der Waals surface area contributed by atoms with Crippen LogP contribution in [-0.2, 0) is 17.6 Å². The highest BCUT2D eigenvalue weighted by Gasteiger charge is 2.29. The first-order valence-corrected chi connectivity index (χ1v) is 9.51. The summed E-state index contributed by atoms with van der Waals surface area (Å²) in [4.78, 5) is 22.8. The molecule has 0 radical (unpaired) electrons. The largest absolute Gasteiger partial charge is 0.353 e. The van der Waals surface area contributed by atoms with E-state index in [0.717, 1.165) is 61.5 Å². The van der Waals surface area contributed by atoms with Gasteiger partial charge in [-0.1, -0.05) is 0 Å². The molecule has 3 heterocycles. The Morgan fingerprint density at radius 1 is 1.21 bits per heavy atom. The normalized spacial score (nSPS) is 21.2. The summed E-state index contributed by atoms with van der Waals surface area (Å²) in [6, 6.07) is 4.32. The summed E-state index contributed by atoms with van der Waals surface area (Å²) >= 11 is 1.76. The molecule has 1 unspecified atom stereocenters. The number of aryl methyl sites for hydroxylation is 1. The number of thiazole rings is 1. The Hall–Kier alpha value is -1.79. The maximum absolute atomic E-state index is 12.6. The molecule has 6 heteroatoms. The number of amides is 1. The third kappa shape index (κ3) is 3.35. The lowest BCUT2D eigenvalue weighted by molar-refractivity contribution is -0.126. The first-order valence-electron chi connectivity index (χ1n) is 8.69. The maximum Gasteiger partial charge on any atom is 0.223 e. The van der Waals surface area contributed by atoms with Gasteiger partial charge in [-0.15, -0.1) is 11.3 Å². The molecule has 2 aromatic heterocycles. The number of nitrogens with one attached hydrogen (secondary N) is 2. The zero-order chi connectivity index (χ0) is 16.4. The lowest BCUT2D eigenvalue weighted by atomic mass is 9.89. The van der Waals surface area contributed by atoms with E-state index in [1.165, 1.54) is 4.88 Å². The second kappa shape index (κ2) is 6.99. The summed E-state index contributed by atoms with van der Waals surface area (Å²) in [5.74, 6) is 0.283. The van der Waals surface area contributed by atoms with Crippen LogP contribution in [0.1, 0.15) is 29.8 Å². The van der Waals surface area contributed by atoms with Crippen molar-refractivity contribution in [1.82, 2.24) is 20.6 Å². The van der Waals surface area contributed by atoms with Crippen molar-refractivity contribution in [3.63, 3.8) is 0 Å². The van der Waals surface area contributed by atoms with Crippen LogP contribution in [0, 0.1) is 5.92 Å². The van der Waals surface area contributed by atoms with Crippen molar-refractivity contribution in [2.75, 3.05) is 13.1 Å². The molecule has 0 aromatic carbocycles. The van der Waals surface area contributed by atoms with E-state index in [2.05, 4.69) is 15.6 Å². The molecule has 2 aliphatic rings. The van der Waals surface area contributed by atoms with Gasteiger partial charge in [0.05, 0.1) is 5.69 Å². The van der Waals surface area contributed by atoms with Crippen molar-refractivity contribution < 1.29 is 4.79 Å². The minimum Gasteiger partial charge on any atom is -0.353 e. The van der Waals surface area contributed by atoms with Gasteiger partial charge in [0.15, 0.2) is 0 Å². The summed E-state index contributed by atoms with van der Waals surface area (Å²) < 4.78 is 0. The minimum absolute atomic E-state index is 0.0692. The lowest BCUT2D eigenvalue weighted by Crippen LogP contribution is -2.45. The van der Waals surface area contributed by atoms with E-state index in [0.29, 0.717) is 6.04 Å². The van der Waals surface area contributed by atoms with Crippen molar-refractivity contribution in [1.29, 1.82) is 0 Å². The van der Waals surface area contributed by atoms with E-state index in [4.69, 9.17) is 4.98 Å². The maximum atomic E-state index is 12.6. The highest BCUT2D eigenvalue weighted by molar-refractivity contribution is 7.15. The first kappa shape index (κ1) is 15.7. The summed E-state index contributed by atoms with van der Waals surface area (Å²) in [6.45, 7) is 2.00. The minimum atomic E-state index is 0.0692. The molecule has 1 aliphatic carbocycles. The third-order valence-electron chi connectivity index (χ3n) is 4.92. The number of nitrogens with zero attached hydrogens (tertiary/aromatic N) is 2. The molecular weight excluding hydrogens is 320 g/mol. The van der Waals surface area contributed by atoms with Gasteiger partial charge >= 0.3 is 0 Å². The van der Waals surface area contributed by atoms with Gasteiger partial charge in [-0.25, -0.2) is 4.98 Å². The number of piperidine rings is 1. The molecule has 1 saturated heterocycles. The average Bonchev–Trinajstić information content (AvgIpc) is 3.06. The first-order chi connectivity index (χ1) is 11.8. The SMILES string of the molecule is O=C(NC1CCNCC1)C1CCc2sc(-c3ccncc3)nc2C1. The van der Waals surface area contributed by atoms with Crippen LogP contribution in [0.4, 0.5) is 0 Å². The monoisotopic (exact) mass is 342 g/mol. The topological polar surface area (TPSA) is 66.9 Å². The molecule has 0 bridgehead atoms. The second-order valence-electron chi connectivity index (χ2n) is 6.60. The molecule has 0 saturated carbocycles. The van der Waals surface area contributed by atoms with Crippen LogP contribution in [-0.4, -0.2) is 35.0 Å². The Labute approximate surface area is 145 Å². The fourth-order valence-electron chi connectivity index (χ4n) is 3.51. The number of fused-ring (bicyclic) bond motifs is 1. The third-order valence-corrected chi connectivity index (χ3v) is 6.13. The molecule has 1 fully saturated rings. The Bertz CT molecular complexity index is 709. The molecule has 5 nitrogen and oxygen atoms in total. The Morgan fingerprint density at radius 2 is 2.00 bits per heavy atom. The van der Waals surface area contributed by atoms with Gasteiger partial charge in [-0.05, 0) is 50.9 Å². The smallest absolute Gasteiger partial charge is 0.223 e. The van der Waals surface area contributed by atoms with Crippen molar-refractivity contribution in [3.05, 3.63) is 35.1 Å². The average molecular weight is 342 g/mol. The number of pyridine rings is 1. The van der Waals surface area contributed by atoms with Gasteiger partial charge < -0.3 is 10.6 Å². The number of hydrogen-bond acceptors (Lipinski definition) is 5. The standard InChI is InChI=1S/C18H22N4OS/c23-17(21-14-5-9-20-10-6-14)13-1-2-16-15(11-13)22-18(24-16)12-3-7-19-8-4-12/h3-4,7-8,13-14,20H,1-2,5-6,9-11H2,(H,21,23). The van der Waals surface area contributed by atoms with Crippen LogP contribution in [0.25, 0.3) is 10.6 Å². The fraction of sp³-hybridized carbons (Fsp3) is 0.500. The van der Waals surface area contributed by atoms with Gasteiger partial charge in [0.2, 0.25) is 5.91 Å². The molecule has 126 valence electrons. The van der Waals surface area contributed by atoms with Crippen molar-refractivity contribution in [3.8, 4) is 10.6 Å². The van der Waals surface area contributed by atoms with Gasteiger partial charge in [0, 0.05) is 41.2 Å². The van der Waals surface area contributed by atoms with Crippen LogP contribution in [0.15, 0.2) is 24.5 Å². The van der Waals surface area contributed by atoms with Crippen LogP contribution in [0.2, 0.25) is 0 Å². The van der Waals surface area contributed by atoms with Crippen molar-refractivity contribution in [2.24, 2.45) is 5.92 Å². The van der Waals surface area contributed by atoms with Gasteiger partial charge in [0.1, 0.15) is 5.01 Å². The second-order valence-corrected chi connectivity index (χ2v) is 7.68. The zero-order valence-electron chi connectivity index (χ0n) is 13.6. The van der Waals surface area contributed by atoms with E-state index < -0.39 is 0 Å². The van der Waals surface area contributed by atoms with E-state index in [9.17, 15) is 4.79 Å². The van der Waals surface area contributed by atoms with Crippen LogP contribution in [0.5, 0.6) is 0 Å². The van der Waals surface area contributed by atoms with Gasteiger partial charge in [0.25, 0.3) is 0 Å². The number of carbonyl (C=O) groups is 1. The predicted molar refractivity (Wildman–Crippen MR) is 94.9 cm³/mol. The van der Waals surface area contributed by atoms with E-state index in [1.54, 1.807) is 23.7 Å². The summed E-state index contributed by atoms with van der Waals surface area (Å²) in [5.41, 5.74) is 2.23. The summed E-state index contributed by atoms with van der Waals surface area (Å²) in [7, 11) is 0. The molecule has 24 heavy (non-hydrogen) atoms. The molecule has 0 spiro atoms. The summed E-state index contributed by atoms with van der Waals surface area (Å²) in [5, 5.41) is 7.62. The molecule has 1 aliphatic heterocycles. The summed E-state index contributed by atoms with van der Waals surface area (Å²) in [6.07, 6.45) is 8.33. The molecule has 2 N–H and O–H groups in total. The van der Waals surface area contributed by atoms with Crippen molar-refractivity contribution >= 4 is 17.2 Å². The Kier molecular flexibility index (Phi) is 4.58. The Morgan fingerprint density at radius 3 is 2.79 bits per heavy atom. The zero-order valence-corrected chi connectivity index (χ0v) is 14.4. The molecular formula is C18H22N4OS. The van der Waals surface area contributed by atoms with Crippen molar-refractivity contribution in [2.45, 2.75) is 38.1 Å². The molecule has 4 rings (SSSR count). The van der Waals surface area contributed by atoms with E-state index in [1.807, 2.05) is 12.1 Å². The number of rotatable bonds is 3. The van der Waals surface area contributed by atoms with Gasteiger partial charge in [-0.3, -0.25) is 9.78 Å². The quantitative estimate of drug-likeness (QED) is 0.897. The highest BCUT2D eigenvalue weighted by atomic mass is 32.1. The number of aromatic nitrogens is 2. The van der Waals surface area contributed by atoms with Crippen LogP contribution in [0.3, 0.4) is 0 Å². The Balaban J connectivity index is 1.43. The molecule has 1 atom stereocenters. The highest BCUT2D eigenvalue weighted by Crippen LogP contribution is 2.34. The van der Waals surface area contributed by atoms with E-state index >= 15 is 0 Å². The molecule has 1 amide bonds.